The molecule has 72 valence electrons. The molecule has 4 heteroatoms. The Hall–Kier alpha value is -1.13. The van der Waals surface area contributed by atoms with Crippen molar-refractivity contribution in [3.63, 3.8) is 0 Å². The molecule has 1 aromatic heterocycles. The monoisotopic (exact) mass is 183 g/mol. The maximum atomic E-state index is 11.1. The molecule has 0 aliphatic heterocycles. The average Bonchev–Trinajstić information content (AvgIpc) is 2.15. The van der Waals surface area contributed by atoms with Gasteiger partial charge in [0.25, 0.3) is 5.56 Å². The molecule has 1 heterocycles. The van der Waals surface area contributed by atoms with Crippen LogP contribution in [-0.2, 0) is 16.2 Å². The highest BCUT2D eigenvalue weighted by molar-refractivity contribution is 4.92. The molecule has 0 bridgehead atoms. The first-order valence-corrected chi connectivity index (χ1v) is 4.07. The first-order valence-electron chi connectivity index (χ1n) is 4.07. The van der Waals surface area contributed by atoms with E-state index < -0.39 is 0 Å². The van der Waals surface area contributed by atoms with Gasteiger partial charge in [-0.1, -0.05) is 6.07 Å². The SMILES string of the molecule is COCCOCn1ccccc1=O. The second-order valence-electron chi connectivity index (χ2n) is 2.54. The minimum Gasteiger partial charge on any atom is -0.382 e. The van der Waals surface area contributed by atoms with Crippen LogP contribution in [0.3, 0.4) is 0 Å². The summed E-state index contributed by atoms with van der Waals surface area (Å²) in [7, 11) is 1.61. The molecule has 0 unspecified atom stereocenters. The van der Waals surface area contributed by atoms with Crippen LogP contribution in [0.5, 0.6) is 0 Å². The van der Waals surface area contributed by atoms with Crippen LogP contribution < -0.4 is 5.56 Å². The Morgan fingerprint density at radius 2 is 2.23 bits per heavy atom. The fourth-order valence-electron chi connectivity index (χ4n) is 0.872. The Bertz CT molecular complexity index is 295. The Kier molecular flexibility index (Phi) is 4.21. The van der Waals surface area contributed by atoms with E-state index in [9.17, 15) is 4.79 Å². The van der Waals surface area contributed by atoms with E-state index in [0.29, 0.717) is 13.2 Å². The zero-order valence-corrected chi connectivity index (χ0v) is 7.60. The van der Waals surface area contributed by atoms with Crippen molar-refractivity contribution in [3.8, 4) is 0 Å². The zero-order valence-electron chi connectivity index (χ0n) is 7.60. The van der Waals surface area contributed by atoms with Crippen LogP contribution in [0.15, 0.2) is 29.2 Å². The standard InChI is InChI=1S/C9H13NO3/c1-12-6-7-13-8-10-5-3-2-4-9(10)11/h2-5H,6-8H2,1H3. The number of pyridine rings is 1. The van der Waals surface area contributed by atoms with Crippen LogP contribution >= 0.6 is 0 Å². The molecular formula is C9H13NO3. The summed E-state index contributed by atoms with van der Waals surface area (Å²) in [5.41, 5.74) is -0.0556. The first kappa shape index (κ1) is 9.95. The Morgan fingerprint density at radius 1 is 1.38 bits per heavy atom. The summed E-state index contributed by atoms with van der Waals surface area (Å²) in [4.78, 5) is 11.1. The van der Waals surface area contributed by atoms with Gasteiger partial charge in [0.1, 0.15) is 6.73 Å². The van der Waals surface area contributed by atoms with Crippen molar-refractivity contribution in [1.82, 2.24) is 4.57 Å². The van der Waals surface area contributed by atoms with E-state index in [-0.39, 0.29) is 12.3 Å². The van der Waals surface area contributed by atoms with Gasteiger partial charge in [0.15, 0.2) is 0 Å². The fourth-order valence-corrected chi connectivity index (χ4v) is 0.872. The van der Waals surface area contributed by atoms with E-state index >= 15 is 0 Å². The lowest BCUT2D eigenvalue weighted by atomic mass is 10.5. The highest BCUT2D eigenvalue weighted by Gasteiger charge is 1.92. The number of rotatable bonds is 5. The summed E-state index contributed by atoms with van der Waals surface area (Å²) >= 11 is 0. The molecule has 0 fully saturated rings. The topological polar surface area (TPSA) is 40.5 Å². The van der Waals surface area contributed by atoms with Crippen molar-refractivity contribution in [2.75, 3.05) is 20.3 Å². The molecule has 0 radical (unpaired) electrons. The normalized spacial score (nSPS) is 10.2. The molecule has 0 saturated heterocycles. The Balaban J connectivity index is 2.37. The van der Waals surface area contributed by atoms with E-state index in [2.05, 4.69) is 0 Å². The molecule has 0 saturated carbocycles. The minimum atomic E-state index is -0.0556. The van der Waals surface area contributed by atoms with E-state index in [1.807, 2.05) is 0 Å². The van der Waals surface area contributed by atoms with Gasteiger partial charge in [-0.25, -0.2) is 0 Å². The number of hydrogen-bond donors (Lipinski definition) is 0. The molecule has 0 aliphatic rings. The smallest absolute Gasteiger partial charge is 0.252 e. The summed E-state index contributed by atoms with van der Waals surface area (Å²) in [5, 5.41) is 0. The molecule has 13 heavy (non-hydrogen) atoms. The molecule has 1 rings (SSSR count). The summed E-state index contributed by atoms with van der Waals surface area (Å²) in [6.45, 7) is 1.32. The average molecular weight is 183 g/mol. The van der Waals surface area contributed by atoms with E-state index in [1.165, 1.54) is 10.6 Å². The minimum absolute atomic E-state index is 0.0556. The van der Waals surface area contributed by atoms with Gasteiger partial charge < -0.3 is 9.47 Å². The van der Waals surface area contributed by atoms with Gasteiger partial charge in [0, 0.05) is 19.4 Å². The van der Waals surface area contributed by atoms with E-state index in [0.717, 1.165) is 0 Å². The lowest BCUT2D eigenvalue weighted by Crippen LogP contribution is -2.20. The summed E-state index contributed by atoms with van der Waals surface area (Å²) in [5.74, 6) is 0. The predicted molar refractivity (Wildman–Crippen MR) is 48.5 cm³/mol. The molecule has 4 nitrogen and oxygen atoms in total. The van der Waals surface area contributed by atoms with Gasteiger partial charge >= 0.3 is 0 Å². The fraction of sp³-hybridized carbons (Fsp3) is 0.444. The molecule has 0 atom stereocenters. The van der Waals surface area contributed by atoms with Crippen LogP contribution in [0, 0.1) is 0 Å². The molecule has 0 aromatic carbocycles. The molecular weight excluding hydrogens is 170 g/mol. The molecule has 0 aliphatic carbocycles. The zero-order chi connectivity index (χ0) is 9.52. The highest BCUT2D eigenvalue weighted by Crippen LogP contribution is 1.84. The second-order valence-corrected chi connectivity index (χ2v) is 2.54. The number of aromatic nitrogens is 1. The number of nitrogens with zero attached hydrogens (tertiary/aromatic N) is 1. The van der Waals surface area contributed by atoms with Crippen LogP contribution in [0.2, 0.25) is 0 Å². The third-order valence-corrected chi connectivity index (χ3v) is 1.56. The van der Waals surface area contributed by atoms with E-state index in [1.54, 1.807) is 25.4 Å². The Morgan fingerprint density at radius 3 is 2.92 bits per heavy atom. The largest absolute Gasteiger partial charge is 0.382 e. The van der Waals surface area contributed by atoms with Gasteiger partial charge in [0.05, 0.1) is 13.2 Å². The van der Waals surface area contributed by atoms with E-state index in [4.69, 9.17) is 9.47 Å². The van der Waals surface area contributed by atoms with Crippen molar-refractivity contribution < 1.29 is 9.47 Å². The van der Waals surface area contributed by atoms with Gasteiger partial charge in [0.2, 0.25) is 0 Å². The second kappa shape index (κ2) is 5.50. The Labute approximate surface area is 76.7 Å². The predicted octanol–water partition coefficient (Wildman–Crippen LogP) is 0.469. The number of ether oxygens (including phenoxy) is 2. The van der Waals surface area contributed by atoms with Crippen LogP contribution in [0.4, 0.5) is 0 Å². The van der Waals surface area contributed by atoms with Crippen molar-refractivity contribution in [1.29, 1.82) is 0 Å². The summed E-state index contributed by atoms with van der Waals surface area (Å²) < 4.78 is 11.5. The van der Waals surface area contributed by atoms with Gasteiger partial charge in [-0.05, 0) is 6.07 Å². The van der Waals surface area contributed by atoms with Crippen molar-refractivity contribution in [3.05, 3.63) is 34.7 Å². The summed E-state index contributed by atoms with van der Waals surface area (Å²) in [6, 6.07) is 4.99. The van der Waals surface area contributed by atoms with Crippen LogP contribution in [-0.4, -0.2) is 24.9 Å². The van der Waals surface area contributed by atoms with Crippen LogP contribution in [0.1, 0.15) is 0 Å². The first-order chi connectivity index (χ1) is 6.34. The molecule has 0 spiro atoms. The van der Waals surface area contributed by atoms with Gasteiger partial charge in [-0.15, -0.1) is 0 Å². The third-order valence-electron chi connectivity index (χ3n) is 1.56. The molecule has 0 amide bonds. The highest BCUT2D eigenvalue weighted by atomic mass is 16.5. The number of methoxy groups -OCH3 is 1. The lowest BCUT2D eigenvalue weighted by molar-refractivity contribution is 0.0327. The van der Waals surface area contributed by atoms with Crippen molar-refractivity contribution >= 4 is 0 Å². The molecule has 1 aromatic rings. The molecule has 0 N–H and O–H groups in total. The van der Waals surface area contributed by atoms with Gasteiger partial charge in [-0.3, -0.25) is 9.36 Å². The van der Waals surface area contributed by atoms with Gasteiger partial charge in [-0.2, -0.15) is 0 Å². The third kappa shape index (κ3) is 3.40. The maximum absolute atomic E-state index is 11.1. The maximum Gasteiger partial charge on any atom is 0.252 e. The quantitative estimate of drug-likeness (QED) is 0.623. The van der Waals surface area contributed by atoms with Crippen molar-refractivity contribution in [2.24, 2.45) is 0 Å². The summed E-state index contributed by atoms with van der Waals surface area (Å²) in [6.07, 6.45) is 1.69. The number of hydrogen-bond acceptors (Lipinski definition) is 3. The van der Waals surface area contributed by atoms with Crippen LogP contribution in [0.25, 0.3) is 0 Å². The van der Waals surface area contributed by atoms with Crippen molar-refractivity contribution in [2.45, 2.75) is 6.73 Å². The lowest BCUT2D eigenvalue weighted by Gasteiger charge is -2.05.